The zero-order valence-electron chi connectivity index (χ0n) is 9.83. The number of ether oxygens (including phenoxy) is 1. The first-order chi connectivity index (χ1) is 6.22. The molecule has 0 amide bonds. The van der Waals surface area contributed by atoms with Crippen LogP contribution in [0, 0.1) is 0 Å². The van der Waals surface area contributed by atoms with Crippen LogP contribution in [0.5, 0.6) is 0 Å². The van der Waals surface area contributed by atoms with Crippen molar-refractivity contribution in [1.82, 2.24) is 0 Å². The van der Waals surface area contributed by atoms with Crippen LogP contribution in [-0.2, 0) is 9.16 Å². The average Bonchev–Trinajstić information content (AvgIpc) is 2.31. The summed E-state index contributed by atoms with van der Waals surface area (Å²) in [6.07, 6.45) is 0.0858. The van der Waals surface area contributed by atoms with Gasteiger partial charge in [-0.25, -0.2) is 0 Å². The summed E-state index contributed by atoms with van der Waals surface area (Å²) < 4.78 is 11.2. The quantitative estimate of drug-likeness (QED) is 0.722. The number of aliphatic hydroxyl groups is 1. The molecule has 3 nitrogen and oxygen atoms in total. The summed E-state index contributed by atoms with van der Waals surface area (Å²) in [4.78, 5) is 0. The molecule has 1 rings (SSSR count). The summed E-state index contributed by atoms with van der Waals surface area (Å²) >= 11 is 0. The summed E-state index contributed by atoms with van der Waals surface area (Å²) in [5.41, 5.74) is 0. The molecule has 0 aromatic heterocycles. The zero-order chi connectivity index (χ0) is 11.0. The van der Waals surface area contributed by atoms with Crippen LogP contribution in [0.3, 0.4) is 0 Å². The highest BCUT2D eigenvalue weighted by molar-refractivity contribution is 6.74. The molecule has 0 radical (unpaired) electrons. The topological polar surface area (TPSA) is 38.7 Å². The van der Waals surface area contributed by atoms with Crippen LogP contribution in [0.2, 0.25) is 18.1 Å². The predicted octanol–water partition coefficient (Wildman–Crippen LogP) is 2.12. The van der Waals surface area contributed by atoms with Gasteiger partial charge in [0.2, 0.25) is 0 Å². The van der Waals surface area contributed by atoms with Crippen molar-refractivity contribution < 1.29 is 14.3 Å². The minimum atomic E-state index is -1.69. The van der Waals surface area contributed by atoms with Crippen molar-refractivity contribution in [2.45, 2.75) is 57.7 Å². The average molecular weight is 218 g/mol. The van der Waals surface area contributed by atoms with Gasteiger partial charge in [0.15, 0.2) is 14.6 Å². The first-order valence-electron chi connectivity index (χ1n) is 5.20. The van der Waals surface area contributed by atoms with Crippen molar-refractivity contribution in [3.63, 3.8) is 0 Å². The summed E-state index contributed by atoms with van der Waals surface area (Å²) in [7, 11) is -1.69. The van der Waals surface area contributed by atoms with Crippen LogP contribution in [0.15, 0.2) is 0 Å². The molecule has 2 atom stereocenters. The van der Waals surface area contributed by atoms with Crippen molar-refractivity contribution in [2.24, 2.45) is 0 Å². The summed E-state index contributed by atoms with van der Waals surface area (Å²) in [5.74, 6) is 0. The largest absolute Gasteiger partial charge is 0.411 e. The standard InChI is InChI=1S/C10H22O3Si/c1-10(2,3)14(4,5)13-8-6-9(11)12-7-8/h8-9,11H,6-7H2,1-5H3/t8-,9?/m1/s1. The number of hydrogen-bond acceptors (Lipinski definition) is 3. The second-order valence-electron chi connectivity index (χ2n) is 5.52. The summed E-state index contributed by atoms with van der Waals surface area (Å²) in [6.45, 7) is 11.6. The van der Waals surface area contributed by atoms with E-state index in [-0.39, 0.29) is 11.1 Å². The second-order valence-corrected chi connectivity index (χ2v) is 10.3. The highest BCUT2D eigenvalue weighted by Crippen LogP contribution is 2.38. The lowest BCUT2D eigenvalue weighted by Gasteiger charge is -2.38. The monoisotopic (exact) mass is 218 g/mol. The molecule has 1 fully saturated rings. The highest BCUT2D eigenvalue weighted by Gasteiger charge is 2.40. The van der Waals surface area contributed by atoms with E-state index in [9.17, 15) is 5.11 Å². The molecule has 0 bridgehead atoms. The van der Waals surface area contributed by atoms with Crippen molar-refractivity contribution in [3.05, 3.63) is 0 Å². The van der Waals surface area contributed by atoms with Gasteiger partial charge in [0.25, 0.3) is 0 Å². The minimum Gasteiger partial charge on any atom is -0.411 e. The molecule has 0 spiro atoms. The molecular weight excluding hydrogens is 196 g/mol. The van der Waals surface area contributed by atoms with E-state index in [1.165, 1.54) is 0 Å². The van der Waals surface area contributed by atoms with E-state index in [0.717, 1.165) is 0 Å². The zero-order valence-corrected chi connectivity index (χ0v) is 10.8. The van der Waals surface area contributed by atoms with Gasteiger partial charge in [0.05, 0.1) is 12.7 Å². The molecular formula is C10H22O3Si. The third-order valence-corrected chi connectivity index (χ3v) is 7.74. The Balaban J connectivity index is 2.51. The van der Waals surface area contributed by atoms with Crippen LogP contribution >= 0.6 is 0 Å². The second kappa shape index (κ2) is 3.93. The SMILES string of the molecule is CC(C)(C)[Si](C)(C)O[C@H]1COC(O)C1. The lowest BCUT2D eigenvalue weighted by atomic mass is 10.2. The fraction of sp³-hybridized carbons (Fsp3) is 1.00. The lowest BCUT2D eigenvalue weighted by molar-refractivity contribution is -0.0594. The minimum absolute atomic E-state index is 0.0888. The van der Waals surface area contributed by atoms with E-state index in [2.05, 4.69) is 33.9 Å². The van der Waals surface area contributed by atoms with Crippen molar-refractivity contribution in [1.29, 1.82) is 0 Å². The van der Waals surface area contributed by atoms with E-state index in [1.807, 2.05) is 0 Å². The molecule has 1 aliphatic heterocycles. The van der Waals surface area contributed by atoms with Crippen LogP contribution in [0.25, 0.3) is 0 Å². The maximum absolute atomic E-state index is 9.21. The first kappa shape index (κ1) is 12.2. The van der Waals surface area contributed by atoms with Gasteiger partial charge in [-0.1, -0.05) is 20.8 Å². The summed E-state index contributed by atoms with van der Waals surface area (Å²) in [5, 5.41) is 9.44. The molecule has 1 aliphatic rings. The van der Waals surface area contributed by atoms with Crippen molar-refractivity contribution in [2.75, 3.05) is 6.61 Å². The molecule has 0 aliphatic carbocycles. The molecule has 14 heavy (non-hydrogen) atoms. The fourth-order valence-electron chi connectivity index (χ4n) is 1.25. The Morgan fingerprint density at radius 1 is 1.36 bits per heavy atom. The number of aliphatic hydroxyl groups excluding tert-OH is 1. The normalized spacial score (nSPS) is 29.6. The Hall–Kier alpha value is 0.0969. The van der Waals surface area contributed by atoms with Gasteiger partial charge < -0.3 is 14.3 Å². The summed E-state index contributed by atoms with van der Waals surface area (Å²) in [6, 6.07) is 0. The molecule has 0 aromatic rings. The van der Waals surface area contributed by atoms with Gasteiger partial charge in [0, 0.05) is 6.42 Å². The maximum atomic E-state index is 9.21. The molecule has 1 N–H and O–H groups in total. The van der Waals surface area contributed by atoms with E-state index in [1.54, 1.807) is 0 Å². The number of hydrogen-bond donors (Lipinski definition) is 1. The third kappa shape index (κ3) is 2.79. The molecule has 1 saturated heterocycles. The van der Waals surface area contributed by atoms with Crippen LogP contribution in [0.1, 0.15) is 27.2 Å². The lowest BCUT2D eigenvalue weighted by Crippen LogP contribution is -2.44. The van der Waals surface area contributed by atoms with Crippen LogP contribution < -0.4 is 0 Å². The van der Waals surface area contributed by atoms with Crippen LogP contribution in [0.4, 0.5) is 0 Å². The van der Waals surface area contributed by atoms with Crippen molar-refractivity contribution in [3.8, 4) is 0 Å². The highest BCUT2D eigenvalue weighted by atomic mass is 28.4. The Labute approximate surface area is 87.5 Å². The van der Waals surface area contributed by atoms with Crippen LogP contribution in [-0.4, -0.2) is 32.4 Å². The van der Waals surface area contributed by atoms with Crippen molar-refractivity contribution >= 4 is 8.32 Å². The molecule has 1 unspecified atom stereocenters. The van der Waals surface area contributed by atoms with Gasteiger partial charge in [-0.3, -0.25) is 0 Å². The predicted molar refractivity (Wildman–Crippen MR) is 58.6 cm³/mol. The van der Waals surface area contributed by atoms with E-state index >= 15 is 0 Å². The fourth-order valence-corrected chi connectivity index (χ4v) is 2.61. The maximum Gasteiger partial charge on any atom is 0.192 e. The molecule has 84 valence electrons. The van der Waals surface area contributed by atoms with E-state index < -0.39 is 14.6 Å². The number of rotatable bonds is 2. The Bertz CT molecular complexity index is 198. The van der Waals surface area contributed by atoms with E-state index in [4.69, 9.17) is 9.16 Å². The van der Waals surface area contributed by atoms with Gasteiger partial charge in [-0.05, 0) is 18.1 Å². The Morgan fingerprint density at radius 3 is 2.29 bits per heavy atom. The first-order valence-corrected chi connectivity index (χ1v) is 8.11. The molecule has 1 heterocycles. The molecule has 0 aromatic carbocycles. The van der Waals surface area contributed by atoms with Gasteiger partial charge in [0.1, 0.15) is 0 Å². The van der Waals surface area contributed by atoms with Gasteiger partial charge >= 0.3 is 0 Å². The molecule has 0 saturated carbocycles. The van der Waals surface area contributed by atoms with Gasteiger partial charge in [-0.15, -0.1) is 0 Å². The smallest absolute Gasteiger partial charge is 0.192 e. The molecule has 4 heteroatoms. The Morgan fingerprint density at radius 2 is 1.93 bits per heavy atom. The van der Waals surface area contributed by atoms with Gasteiger partial charge in [-0.2, -0.15) is 0 Å². The van der Waals surface area contributed by atoms with E-state index in [0.29, 0.717) is 13.0 Å². The Kier molecular flexibility index (Phi) is 3.41. The third-order valence-electron chi connectivity index (χ3n) is 3.21.